The first-order valence-electron chi connectivity index (χ1n) is 32.3. The molecule has 12 rings (SSSR count). The van der Waals surface area contributed by atoms with E-state index in [9.17, 15) is 30.4 Å². The molecule has 5 N–H and O–H groups in total. The summed E-state index contributed by atoms with van der Waals surface area (Å²) in [6.07, 6.45) is 7.99. The van der Waals surface area contributed by atoms with Gasteiger partial charge in [-0.1, -0.05) is 78.9 Å². The van der Waals surface area contributed by atoms with Gasteiger partial charge in [0.2, 0.25) is 11.5 Å². The Labute approximate surface area is 565 Å². The maximum Gasteiger partial charge on any atom is 0.277 e. The maximum atomic E-state index is 13.3. The smallest absolute Gasteiger partial charge is 0.277 e. The summed E-state index contributed by atoms with van der Waals surface area (Å²) in [5, 5.41) is 50.0. The molecule has 0 amide bonds. The number of nitrogens with zero attached hydrogens (tertiary/aromatic N) is 5. The normalized spacial score (nSPS) is 11.7. The molecule has 0 aliphatic carbocycles. The standard InChI is InChI=1S/C76H78N8O14/c1-91-70-24-19-55(73(93-3)75(70)95-5)42-81(30-27-53-38-78-67-16-10-7-13-62(53)67)43-56-20-25-71(92-2)76(74(56)94-4)96-48-51-32-50(33-57(34-51)83(87)88)41-80(29-26-52-37-77-66-15-9-6-12-61(52)66)40-49-18-23-64(69(35-49)84(89)90)65-36-60(98-72(65)47-86)45-82(44-58-21-22-59(46-85)97-58)31-28-54-39-79-68-17-11-8-14-63(54)68/h6-25,32-39,77-79,85-86H,26-31,40-48H2,1-5H3. The Morgan fingerprint density at radius 1 is 0.429 bits per heavy atom. The largest absolute Gasteiger partial charge is 0.493 e. The number of H-pyrrole nitrogens is 3. The van der Waals surface area contributed by atoms with Crippen LogP contribution in [0, 0.1) is 20.2 Å². The van der Waals surface area contributed by atoms with Crippen LogP contribution in [0.2, 0.25) is 0 Å². The third-order valence-corrected chi connectivity index (χ3v) is 17.9. The van der Waals surface area contributed by atoms with Crippen LogP contribution in [-0.2, 0) is 78.4 Å². The lowest BCUT2D eigenvalue weighted by Gasteiger charge is -2.26. The van der Waals surface area contributed by atoms with Crippen molar-refractivity contribution in [2.24, 2.45) is 0 Å². The number of aromatic amines is 3. The number of rotatable bonds is 34. The topological polar surface area (TPSA) is 265 Å². The quantitative estimate of drug-likeness (QED) is 0.0185. The van der Waals surface area contributed by atoms with Gasteiger partial charge in [-0.3, -0.25) is 34.9 Å². The fourth-order valence-corrected chi connectivity index (χ4v) is 13.2. The van der Waals surface area contributed by atoms with Gasteiger partial charge in [-0.15, -0.1) is 0 Å². The number of non-ortho nitro benzene ring substituents is 1. The van der Waals surface area contributed by atoms with Crippen LogP contribution in [0.25, 0.3) is 43.8 Å². The molecule has 0 aliphatic rings. The number of benzene rings is 7. The minimum Gasteiger partial charge on any atom is -0.493 e. The van der Waals surface area contributed by atoms with Crippen molar-refractivity contribution in [1.29, 1.82) is 0 Å². The molecule has 0 saturated carbocycles. The van der Waals surface area contributed by atoms with Crippen LogP contribution in [0.5, 0.6) is 34.5 Å². The van der Waals surface area contributed by atoms with Crippen molar-refractivity contribution in [1.82, 2.24) is 29.7 Å². The van der Waals surface area contributed by atoms with Crippen molar-refractivity contribution in [2.45, 2.75) is 78.4 Å². The first kappa shape index (κ1) is 67.1. The van der Waals surface area contributed by atoms with Gasteiger partial charge in [0.05, 0.1) is 64.0 Å². The summed E-state index contributed by atoms with van der Waals surface area (Å²) in [5.41, 5.74) is 10.1. The molecule has 7 aromatic carbocycles. The van der Waals surface area contributed by atoms with Gasteiger partial charge in [0, 0.05) is 132 Å². The third-order valence-electron chi connectivity index (χ3n) is 17.9. The molecule has 506 valence electrons. The highest BCUT2D eigenvalue weighted by molar-refractivity contribution is 5.85. The number of aromatic nitrogens is 3. The van der Waals surface area contributed by atoms with Crippen molar-refractivity contribution < 1.29 is 57.3 Å². The fraction of sp³-hybridized carbons (Fsp3) is 0.263. The number of hydrogen-bond acceptors (Lipinski definition) is 17. The van der Waals surface area contributed by atoms with E-state index in [2.05, 4.69) is 53.9 Å². The number of furan rings is 2. The first-order chi connectivity index (χ1) is 47.8. The minimum atomic E-state index is -0.516. The molecule has 0 aliphatic heterocycles. The predicted octanol–water partition coefficient (Wildman–Crippen LogP) is 14.1. The molecule has 0 fully saturated rings. The molecule has 22 heteroatoms. The van der Waals surface area contributed by atoms with Gasteiger partial charge in [0.15, 0.2) is 23.0 Å². The van der Waals surface area contributed by atoms with E-state index in [-0.39, 0.29) is 55.5 Å². The summed E-state index contributed by atoms with van der Waals surface area (Å²) < 4.78 is 48.4. The summed E-state index contributed by atoms with van der Waals surface area (Å²) in [7, 11) is 7.88. The van der Waals surface area contributed by atoms with Crippen LogP contribution in [0.15, 0.2) is 179 Å². The Morgan fingerprint density at radius 3 is 1.45 bits per heavy atom. The second-order valence-corrected chi connectivity index (χ2v) is 24.1. The lowest BCUT2D eigenvalue weighted by atomic mass is 10.0. The van der Waals surface area contributed by atoms with E-state index in [0.717, 1.165) is 60.5 Å². The Hall–Kier alpha value is -10.9. The fourth-order valence-electron chi connectivity index (χ4n) is 13.2. The second-order valence-electron chi connectivity index (χ2n) is 24.1. The molecule has 12 aromatic rings. The Bertz CT molecular complexity index is 4760. The van der Waals surface area contributed by atoms with Crippen molar-refractivity contribution in [3.63, 3.8) is 0 Å². The monoisotopic (exact) mass is 1330 g/mol. The molecule has 0 unspecified atom stereocenters. The van der Waals surface area contributed by atoms with E-state index in [4.69, 9.17) is 37.3 Å². The zero-order chi connectivity index (χ0) is 68.2. The SMILES string of the molecule is COc1ccc(CN(CCc2c[nH]c3ccccc23)Cc2ccc(OC)c(OCc3cc(CN(CCc4c[nH]c5ccccc45)Cc4ccc(-c5cc(CN(CCc6c[nH]c7ccccc67)Cc6ccc(CO)o6)oc5CO)c([N+](=O)[O-])c4)cc([N+](=O)[O-])c3)c2OC)c(OC)c1OC. The zero-order valence-corrected chi connectivity index (χ0v) is 55.3. The second kappa shape index (κ2) is 30.9. The van der Waals surface area contributed by atoms with Crippen LogP contribution in [0.3, 0.4) is 0 Å². The van der Waals surface area contributed by atoms with E-state index in [1.807, 2.05) is 110 Å². The molecule has 0 radical (unpaired) electrons. The molecule has 5 heterocycles. The van der Waals surface area contributed by atoms with Crippen molar-refractivity contribution in [2.75, 3.05) is 55.2 Å². The summed E-state index contributed by atoms with van der Waals surface area (Å²) in [4.78, 5) is 41.9. The lowest BCUT2D eigenvalue weighted by molar-refractivity contribution is -0.385. The highest BCUT2D eigenvalue weighted by Crippen LogP contribution is 2.44. The highest BCUT2D eigenvalue weighted by Gasteiger charge is 2.27. The van der Waals surface area contributed by atoms with E-state index >= 15 is 0 Å². The van der Waals surface area contributed by atoms with Gasteiger partial charge < -0.3 is 62.4 Å². The van der Waals surface area contributed by atoms with Crippen molar-refractivity contribution in [3.8, 4) is 45.6 Å². The van der Waals surface area contributed by atoms with Crippen molar-refractivity contribution >= 4 is 44.1 Å². The number of para-hydroxylation sites is 3. The number of aliphatic hydroxyl groups excluding tert-OH is 2. The molecule has 22 nitrogen and oxygen atoms in total. The van der Waals surface area contributed by atoms with Crippen LogP contribution in [-0.4, -0.2) is 105 Å². The molecule has 5 aromatic heterocycles. The summed E-state index contributed by atoms with van der Waals surface area (Å²) in [6, 6.07) is 47.2. The maximum absolute atomic E-state index is 13.3. The molecule has 0 spiro atoms. The molecule has 98 heavy (non-hydrogen) atoms. The number of ether oxygens (including phenoxy) is 6. The van der Waals surface area contributed by atoms with E-state index < -0.39 is 16.5 Å². The van der Waals surface area contributed by atoms with Crippen LogP contribution in [0.1, 0.15) is 67.5 Å². The predicted molar refractivity (Wildman–Crippen MR) is 373 cm³/mol. The Kier molecular flexibility index (Phi) is 21.2. The Morgan fingerprint density at radius 2 is 0.929 bits per heavy atom. The van der Waals surface area contributed by atoms with E-state index in [1.165, 1.54) is 6.07 Å². The van der Waals surface area contributed by atoms with Crippen LogP contribution < -0.4 is 28.4 Å². The Balaban J connectivity index is 0.814. The van der Waals surface area contributed by atoms with E-state index in [0.29, 0.717) is 133 Å². The van der Waals surface area contributed by atoms with Crippen LogP contribution in [0.4, 0.5) is 11.4 Å². The molecular formula is C76H78N8O14. The number of methoxy groups -OCH3 is 5. The third kappa shape index (κ3) is 15.2. The molecule has 0 saturated heterocycles. The van der Waals surface area contributed by atoms with Gasteiger partial charge in [0.25, 0.3) is 11.4 Å². The first-order valence-corrected chi connectivity index (χ1v) is 32.3. The summed E-state index contributed by atoms with van der Waals surface area (Å²) in [6.45, 7) is 2.72. The van der Waals surface area contributed by atoms with Crippen LogP contribution >= 0.6 is 0 Å². The highest BCUT2D eigenvalue weighted by atomic mass is 16.6. The molecular weight excluding hydrogens is 1250 g/mol. The summed E-state index contributed by atoms with van der Waals surface area (Å²) >= 11 is 0. The van der Waals surface area contributed by atoms with Gasteiger partial charge in [-0.25, -0.2) is 0 Å². The molecule has 0 bridgehead atoms. The van der Waals surface area contributed by atoms with Gasteiger partial charge in [-0.2, -0.15) is 0 Å². The lowest BCUT2D eigenvalue weighted by Crippen LogP contribution is -2.26. The van der Waals surface area contributed by atoms with Gasteiger partial charge in [0.1, 0.15) is 42.9 Å². The summed E-state index contributed by atoms with van der Waals surface area (Å²) in [5.74, 6) is 4.44. The number of hydrogen-bond donors (Lipinski definition) is 5. The van der Waals surface area contributed by atoms with Gasteiger partial charge in [-0.05, 0) is 107 Å². The number of nitro groups is 2. The average Bonchev–Trinajstić information content (AvgIpc) is 1.29. The number of fused-ring (bicyclic) bond motifs is 3. The van der Waals surface area contributed by atoms with E-state index in [1.54, 1.807) is 65.9 Å². The minimum absolute atomic E-state index is 0.106. The number of aliphatic hydroxyl groups is 2. The number of nitrogens with one attached hydrogen (secondary N) is 3. The zero-order valence-electron chi connectivity index (χ0n) is 55.3. The molecule has 0 atom stereocenters. The number of nitro benzene ring substituents is 2. The van der Waals surface area contributed by atoms with Gasteiger partial charge >= 0.3 is 0 Å². The average molecular weight is 1330 g/mol. The van der Waals surface area contributed by atoms with Crippen molar-refractivity contribution in [3.05, 3.63) is 258 Å².